The molecule has 2 fully saturated rings. The van der Waals surface area contributed by atoms with Crippen LogP contribution in [-0.2, 0) is 4.79 Å². The van der Waals surface area contributed by atoms with E-state index in [1.165, 1.54) is 11.3 Å². The Morgan fingerprint density at radius 1 is 1.45 bits per heavy atom. The molecule has 5 heteroatoms. The number of amides is 2. The highest BCUT2D eigenvalue weighted by Crippen LogP contribution is 2.32. The number of carbonyl (C=O) groups excluding carboxylic acids is 2. The van der Waals surface area contributed by atoms with E-state index in [2.05, 4.69) is 6.58 Å². The molecule has 3 rings (SSSR count). The molecule has 0 unspecified atom stereocenters. The number of likely N-dealkylation sites (tertiary alicyclic amines) is 2. The van der Waals surface area contributed by atoms with Crippen molar-refractivity contribution in [1.29, 1.82) is 0 Å². The van der Waals surface area contributed by atoms with E-state index in [-0.39, 0.29) is 23.9 Å². The van der Waals surface area contributed by atoms with Crippen molar-refractivity contribution >= 4 is 23.2 Å². The Hall–Kier alpha value is -1.62. The summed E-state index contributed by atoms with van der Waals surface area (Å²) in [5.74, 6) is 0.294. The van der Waals surface area contributed by atoms with Crippen LogP contribution in [0.25, 0.3) is 0 Å². The van der Waals surface area contributed by atoms with E-state index < -0.39 is 0 Å². The molecule has 2 aliphatic heterocycles. The third kappa shape index (κ3) is 2.16. The molecule has 20 heavy (non-hydrogen) atoms. The van der Waals surface area contributed by atoms with Crippen LogP contribution in [0.2, 0.25) is 0 Å². The van der Waals surface area contributed by atoms with Gasteiger partial charge in [-0.3, -0.25) is 9.59 Å². The van der Waals surface area contributed by atoms with Gasteiger partial charge in [0.05, 0.1) is 17.6 Å². The van der Waals surface area contributed by atoms with Gasteiger partial charge in [0.15, 0.2) is 0 Å². The molecule has 2 amide bonds. The van der Waals surface area contributed by atoms with Crippen molar-refractivity contribution in [3.05, 3.63) is 35.0 Å². The van der Waals surface area contributed by atoms with Gasteiger partial charge in [-0.05, 0) is 24.3 Å². The SMILES string of the molecule is C=CCN1C(=O)CC[C@@H]2[C@H]1CCN2C(=O)c1ccsc1. The lowest BCUT2D eigenvalue weighted by Crippen LogP contribution is -2.53. The summed E-state index contributed by atoms with van der Waals surface area (Å²) in [5.41, 5.74) is 0.767. The molecule has 1 aromatic rings. The minimum Gasteiger partial charge on any atom is -0.334 e. The lowest BCUT2D eigenvalue weighted by atomic mass is 9.96. The molecule has 106 valence electrons. The zero-order valence-corrected chi connectivity index (χ0v) is 12.1. The summed E-state index contributed by atoms with van der Waals surface area (Å²) in [5, 5.41) is 3.82. The number of carbonyl (C=O) groups is 2. The van der Waals surface area contributed by atoms with E-state index in [0.29, 0.717) is 13.0 Å². The first kappa shape index (κ1) is 13.4. The van der Waals surface area contributed by atoms with E-state index in [4.69, 9.17) is 0 Å². The van der Waals surface area contributed by atoms with Crippen LogP contribution in [0.1, 0.15) is 29.6 Å². The number of rotatable bonds is 3. The molecular weight excluding hydrogens is 272 g/mol. The molecule has 0 aromatic carbocycles. The second-order valence-corrected chi connectivity index (χ2v) is 6.09. The van der Waals surface area contributed by atoms with Crippen molar-refractivity contribution in [3.8, 4) is 0 Å². The van der Waals surface area contributed by atoms with Gasteiger partial charge < -0.3 is 9.80 Å². The monoisotopic (exact) mass is 290 g/mol. The number of piperidine rings is 1. The number of nitrogens with zero attached hydrogens (tertiary/aromatic N) is 2. The standard InChI is InChI=1S/C15H18N2O2S/c1-2-7-16-13-5-8-17(12(13)3-4-14(16)18)15(19)11-6-9-20-10-11/h2,6,9-10,12-13H,1,3-5,7-8H2/t12-,13-/m1/s1. The summed E-state index contributed by atoms with van der Waals surface area (Å²) in [6.45, 7) is 5.05. The van der Waals surface area contributed by atoms with E-state index >= 15 is 0 Å². The molecule has 2 saturated heterocycles. The summed E-state index contributed by atoms with van der Waals surface area (Å²) < 4.78 is 0. The quantitative estimate of drug-likeness (QED) is 0.800. The molecule has 0 bridgehead atoms. The summed E-state index contributed by atoms with van der Waals surface area (Å²) in [6, 6.07) is 2.20. The fraction of sp³-hybridized carbons (Fsp3) is 0.467. The highest BCUT2D eigenvalue weighted by molar-refractivity contribution is 7.08. The molecule has 1 aromatic heterocycles. The molecule has 0 N–H and O–H groups in total. The molecule has 0 aliphatic carbocycles. The van der Waals surface area contributed by atoms with E-state index in [0.717, 1.165) is 24.9 Å². The van der Waals surface area contributed by atoms with Gasteiger partial charge in [-0.25, -0.2) is 0 Å². The Morgan fingerprint density at radius 3 is 3.00 bits per heavy atom. The van der Waals surface area contributed by atoms with Gasteiger partial charge in [-0.15, -0.1) is 6.58 Å². The topological polar surface area (TPSA) is 40.6 Å². The highest BCUT2D eigenvalue weighted by Gasteiger charge is 2.44. The van der Waals surface area contributed by atoms with Gasteiger partial charge in [0.2, 0.25) is 5.91 Å². The minimum absolute atomic E-state index is 0.103. The van der Waals surface area contributed by atoms with Crippen molar-refractivity contribution in [1.82, 2.24) is 9.80 Å². The molecule has 2 aliphatic rings. The normalized spacial score (nSPS) is 25.7. The third-order valence-electron chi connectivity index (χ3n) is 4.24. The van der Waals surface area contributed by atoms with Crippen LogP contribution in [0.4, 0.5) is 0 Å². The van der Waals surface area contributed by atoms with Crippen LogP contribution in [0.3, 0.4) is 0 Å². The van der Waals surface area contributed by atoms with Gasteiger partial charge in [-0.1, -0.05) is 6.08 Å². The Kier molecular flexibility index (Phi) is 3.61. The maximum absolute atomic E-state index is 12.5. The van der Waals surface area contributed by atoms with Crippen LogP contribution >= 0.6 is 11.3 Å². The predicted molar refractivity (Wildman–Crippen MR) is 78.7 cm³/mol. The second kappa shape index (κ2) is 5.40. The van der Waals surface area contributed by atoms with E-state index in [1.807, 2.05) is 26.6 Å². The van der Waals surface area contributed by atoms with Crippen molar-refractivity contribution in [2.75, 3.05) is 13.1 Å². The lowest BCUT2D eigenvalue weighted by molar-refractivity contribution is -0.136. The number of fused-ring (bicyclic) bond motifs is 1. The highest BCUT2D eigenvalue weighted by atomic mass is 32.1. The first-order valence-electron chi connectivity index (χ1n) is 6.96. The van der Waals surface area contributed by atoms with Crippen molar-refractivity contribution in [3.63, 3.8) is 0 Å². The predicted octanol–water partition coefficient (Wildman–Crippen LogP) is 2.14. The van der Waals surface area contributed by atoms with Gasteiger partial charge in [0.25, 0.3) is 5.91 Å². The molecule has 3 heterocycles. The van der Waals surface area contributed by atoms with Crippen LogP contribution in [0, 0.1) is 0 Å². The summed E-state index contributed by atoms with van der Waals surface area (Å²) >= 11 is 1.54. The fourth-order valence-electron chi connectivity index (χ4n) is 3.33. The van der Waals surface area contributed by atoms with Crippen LogP contribution in [-0.4, -0.2) is 46.8 Å². The smallest absolute Gasteiger partial charge is 0.255 e. The number of thiophene rings is 1. The molecule has 0 saturated carbocycles. The van der Waals surface area contributed by atoms with Crippen LogP contribution in [0.5, 0.6) is 0 Å². The zero-order chi connectivity index (χ0) is 14.1. The van der Waals surface area contributed by atoms with Crippen molar-refractivity contribution in [2.45, 2.75) is 31.3 Å². The van der Waals surface area contributed by atoms with Gasteiger partial charge in [0, 0.05) is 24.9 Å². The van der Waals surface area contributed by atoms with E-state index in [9.17, 15) is 9.59 Å². The Balaban J connectivity index is 1.79. The molecular formula is C15H18N2O2S. The molecule has 4 nitrogen and oxygen atoms in total. The molecule has 2 atom stereocenters. The van der Waals surface area contributed by atoms with Crippen LogP contribution in [0.15, 0.2) is 29.5 Å². The number of hydrogen-bond acceptors (Lipinski definition) is 3. The summed E-state index contributed by atoms with van der Waals surface area (Å²) in [4.78, 5) is 28.4. The fourth-order valence-corrected chi connectivity index (χ4v) is 3.96. The maximum atomic E-state index is 12.5. The number of hydrogen-bond donors (Lipinski definition) is 0. The third-order valence-corrected chi connectivity index (χ3v) is 4.92. The van der Waals surface area contributed by atoms with Crippen LogP contribution < -0.4 is 0 Å². The second-order valence-electron chi connectivity index (χ2n) is 5.31. The first-order valence-corrected chi connectivity index (χ1v) is 7.90. The lowest BCUT2D eigenvalue weighted by Gasteiger charge is -2.39. The maximum Gasteiger partial charge on any atom is 0.255 e. The Labute approximate surface area is 122 Å². The van der Waals surface area contributed by atoms with E-state index in [1.54, 1.807) is 6.08 Å². The minimum atomic E-state index is 0.103. The largest absolute Gasteiger partial charge is 0.334 e. The average Bonchev–Trinajstić information content (AvgIpc) is 3.10. The van der Waals surface area contributed by atoms with Crippen molar-refractivity contribution < 1.29 is 9.59 Å². The van der Waals surface area contributed by atoms with Gasteiger partial charge in [0.1, 0.15) is 0 Å². The Bertz CT molecular complexity index is 526. The summed E-state index contributed by atoms with van der Waals surface area (Å²) in [6.07, 6.45) is 3.96. The summed E-state index contributed by atoms with van der Waals surface area (Å²) in [7, 11) is 0. The van der Waals surface area contributed by atoms with Crippen molar-refractivity contribution in [2.24, 2.45) is 0 Å². The zero-order valence-electron chi connectivity index (χ0n) is 11.3. The Morgan fingerprint density at radius 2 is 2.30 bits per heavy atom. The molecule has 0 radical (unpaired) electrons. The molecule has 0 spiro atoms. The van der Waals surface area contributed by atoms with Gasteiger partial charge >= 0.3 is 0 Å². The first-order chi connectivity index (χ1) is 9.72. The average molecular weight is 290 g/mol. The van der Waals surface area contributed by atoms with Gasteiger partial charge in [-0.2, -0.15) is 11.3 Å².